The number of rotatable bonds is 9. The molecule has 0 N–H and O–H groups in total. The number of aryl methyl sites for hydroxylation is 2. The van der Waals surface area contributed by atoms with Crippen molar-refractivity contribution in [3.8, 4) is 17.1 Å². The van der Waals surface area contributed by atoms with Crippen molar-refractivity contribution in [2.24, 2.45) is 5.92 Å². The third-order valence-electron chi connectivity index (χ3n) is 13.2. The molecule has 1 fully saturated rings. The topological polar surface area (TPSA) is 8.81 Å². The third kappa shape index (κ3) is 4.51. The van der Waals surface area contributed by atoms with Gasteiger partial charge in [0.05, 0.1) is 5.56 Å². The van der Waals surface area contributed by atoms with E-state index in [1.807, 2.05) is 0 Å². The first-order chi connectivity index (χ1) is 21.7. The van der Waals surface area contributed by atoms with Gasteiger partial charge in [0.1, 0.15) is 11.2 Å². The lowest BCUT2D eigenvalue weighted by Gasteiger charge is -2.48. The van der Waals surface area contributed by atoms with E-state index in [1.165, 1.54) is 102 Å². The summed E-state index contributed by atoms with van der Waals surface area (Å²) in [5, 5.41) is 0. The van der Waals surface area contributed by atoms with Crippen molar-refractivity contribution in [1.29, 1.82) is 0 Å². The molecule has 1 aliphatic heterocycles. The van der Waals surface area contributed by atoms with E-state index in [4.69, 9.17) is 0 Å². The average Bonchev–Trinajstić information content (AvgIpc) is 3.37. The van der Waals surface area contributed by atoms with Crippen LogP contribution in [0.5, 0.6) is 0 Å². The number of hydrogen-bond donors (Lipinski definition) is 0. The second-order valence-electron chi connectivity index (χ2n) is 15.8. The first kappa shape index (κ1) is 30.8. The van der Waals surface area contributed by atoms with E-state index in [1.54, 1.807) is 11.1 Å². The molecular formula is C43H57N2+. The first-order valence-corrected chi connectivity index (χ1v) is 18.5. The van der Waals surface area contributed by atoms with Crippen LogP contribution < -0.4 is 4.57 Å². The fourth-order valence-corrected chi connectivity index (χ4v) is 10.1. The maximum atomic E-state index is 2.86. The Bertz CT molecular complexity index is 1730. The van der Waals surface area contributed by atoms with Crippen molar-refractivity contribution >= 4 is 11.0 Å². The minimum Gasteiger partial charge on any atom is -0.216 e. The van der Waals surface area contributed by atoms with Crippen LogP contribution in [-0.4, -0.2) is 4.57 Å². The summed E-state index contributed by atoms with van der Waals surface area (Å²) in [5.41, 5.74) is 14.7. The Kier molecular flexibility index (Phi) is 7.81. The van der Waals surface area contributed by atoms with E-state index < -0.39 is 0 Å². The normalized spacial score (nSPS) is 25.7. The Morgan fingerprint density at radius 2 is 1.51 bits per heavy atom. The SMILES string of the molecule is CCCCCC(C)Cc1ccc2c(c1)-c1n(-c3c(C)cccc3C)c3cc4c(cc3[n+]1C(C)(CC)C2(C)CC)C1CCC4CC1. The standard InChI is InChI=1S/C43H57N2/c1-9-12-13-15-28(4)24-31-18-23-37-36(25-31)41-44(40-29(5)16-14-17-30(40)6)38-26-34-32-19-21-33(22-20-32)35(34)27-39(38)45(41)43(8,11-3)42(37,7)10-2/h14,16-18,23,25-28,32-33H,9-13,15,19-22,24H2,1-8H3/q+1. The van der Waals surface area contributed by atoms with Gasteiger partial charge in [-0.15, -0.1) is 0 Å². The highest BCUT2D eigenvalue weighted by atomic mass is 15.2. The number of hydrogen-bond acceptors (Lipinski definition) is 0. The molecule has 2 nitrogen and oxygen atoms in total. The van der Waals surface area contributed by atoms with Gasteiger partial charge in [-0.25, -0.2) is 4.57 Å². The number of para-hydroxylation sites is 1. The summed E-state index contributed by atoms with van der Waals surface area (Å²) in [6.45, 7) is 19.4. The zero-order valence-electron chi connectivity index (χ0n) is 29.5. The Morgan fingerprint density at radius 1 is 0.844 bits per heavy atom. The van der Waals surface area contributed by atoms with Crippen molar-refractivity contribution in [3.05, 3.63) is 81.9 Å². The van der Waals surface area contributed by atoms with Crippen LogP contribution >= 0.6 is 0 Å². The van der Waals surface area contributed by atoms with Gasteiger partial charge in [-0.2, -0.15) is 4.57 Å². The second kappa shape index (κ2) is 11.4. The molecule has 4 aliphatic rings. The summed E-state index contributed by atoms with van der Waals surface area (Å²) < 4.78 is 5.58. The minimum absolute atomic E-state index is 0.0226. The van der Waals surface area contributed by atoms with Gasteiger partial charge in [0, 0.05) is 5.41 Å². The molecule has 1 aromatic heterocycles. The van der Waals surface area contributed by atoms with Gasteiger partial charge in [0.2, 0.25) is 0 Å². The zero-order chi connectivity index (χ0) is 31.7. The number of unbranched alkanes of at least 4 members (excludes halogenated alkanes) is 2. The van der Waals surface area contributed by atoms with Gasteiger partial charge in [0.25, 0.3) is 5.82 Å². The van der Waals surface area contributed by atoms with Gasteiger partial charge in [-0.1, -0.05) is 90.6 Å². The van der Waals surface area contributed by atoms with Crippen molar-refractivity contribution < 1.29 is 4.57 Å². The Hall–Kier alpha value is -2.87. The fraction of sp³-hybridized carbons (Fsp3) is 0.558. The van der Waals surface area contributed by atoms with Gasteiger partial charge in [-0.05, 0) is 135 Å². The molecule has 238 valence electrons. The lowest BCUT2D eigenvalue weighted by molar-refractivity contribution is -0.743. The van der Waals surface area contributed by atoms with Gasteiger partial charge < -0.3 is 0 Å². The van der Waals surface area contributed by atoms with Crippen LogP contribution in [0.25, 0.3) is 28.1 Å². The molecule has 3 aliphatic carbocycles. The number of imidazole rings is 1. The maximum absolute atomic E-state index is 2.86. The van der Waals surface area contributed by atoms with Crippen LogP contribution in [0.4, 0.5) is 0 Å². The predicted octanol–water partition coefficient (Wildman–Crippen LogP) is 11.5. The Labute approximate surface area is 273 Å². The molecule has 0 amide bonds. The average molecular weight is 602 g/mol. The third-order valence-corrected chi connectivity index (χ3v) is 13.2. The maximum Gasteiger partial charge on any atom is 0.295 e. The molecular weight excluding hydrogens is 544 g/mol. The Morgan fingerprint density at radius 3 is 2.13 bits per heavy atom. The van der Waals surface area contributed by atoms with Gasteiger partial charge in [0.15, 0.2) is 11.0 Å². The summed E-state index contributed by atoms with van der Waals surface area (Å²) in [6.07, 6.45) is 14.2. The quantitative estimate of drug-likeness (QED) is 0.133. The molecule has 2 bridgehead atoms. The highest BCUT2D eigenvalue weighted by Crippen LogP contribution is 2.54. The molecule has 3 atom stereocenters. The van der Waals surface area contributed by atoms with Crippen LogP contribution in [-0.2, 0) is 17.4 Å². The van der Waals surface area contributed by atoms with E-state index >= 15 is 0 Å². The monoisotopic (exact) mass is 601 g/mol. The number of nitrogens with zero attached hydrogens (tertiary/aromatic N) is 2. The first-order valence-electron chi connectivity index (χ1n) is 18.5. The van der Waals surface area contributed by atoms with Crippen LogP contribution in [0, 0.1) is 19.8 Å². The van der Waals surface area contributed by atoms with Gasteiger partial charge in [-0.3, -0.25) is 0 Å². The summed E-state index contributed by atoms with van der Waals surface area (Å²) >= 11 is 0. The molecule has 2 heteroatoms. The number of fused-ring (bicyclic) bond motifs is 7. The minimum atomic E-state index is -0.0545. The van der Waals surface area contributed by atoms with Crippen molar-refractivity contribution in [2.75, 3.05) is 0 Å². The molecule has 4 aromatic rings. The number of aromatic nitrogens is 2. The van der Waals surface area contributed by atoms with Crippen LogP contribution in [0.2, 0.25) is 0 Å². The molecule has 2 heterocycles. The molecule has 0 radical (unpaired) electrons. The lowest BCUT2D eigenvalue weighted by atomic mass is 9.61. The fourth-order valence-electron chi connectivity index (χ4n) is 10.1. The lowest BCUT2D eigenvalue weighted by Crippen LogP contribution is -2.67. The van der Waals surface area contributed by atoms with Crippen molar-refractivity contribution in [2.45, 2.75) is 149 Å². The van der Waals surface area contributed by atoms with Crippen LogP contribution in [0.1, 0.15) is 151 Å². The Balaban J connectivity index is 1.57. The van der Waals surface area contributed by atoms with Crippen LogP contribution in [0.3, 0.4) is 0 Å². The second-order valence-corrected chi connectivity index (χ2v) is 15.8. The van der Waals surface area contributed by atoms with E-state index in [2.05, 4.69) is 113 Å². The molecule has 0 saturated heterocycles. The molecule has 0 spiro atoms. The highest BCUT2D eigenvalue weighted by molar-refractivity contribution is 5.84. The molecule has 3 aromatic carbocycles. The van der Waals surface area contributed by atoms with E-state index in [9.17, 15) is 0 Å². The number of benzene rings is 3. The highest BCUT2D eigenvalue weighted by Gasteiger charge is 2.57. The molecule has 8 rings (SSSR count). The smallest absolute Gasteiger partial charge is 0.216 e. The van der Waals surface area contributed by atoms with E-state index in [-0.39, 0.29) is 11.0 Å². The largest absolute Gasteiger partial charge is 0.295 e. The predicted molar refractivity (Wildman–Crippen MR) is 191 cm³/mol. The summed E-state index contributed by atoms with van der Waals surface area (Å²) in [6, 6.07) is 19.9. The molecule has 1 saturated carbocycles. The molecule has 45 heavy (non-hydrogen) atoms. The molecule has 3 unspecified atom stereocenters. The summed E-state index contributed by atoms with van der Waals surface area (Å²) in [4.78, 5) is 0. The van der Waals surface area contributed by atoms with E-state index in [0.29, 0.717) is 5.92 Å². The van der Waals surface area contributed by atoms with Crippen molar-refractivity contribution in [1.82, 2.24) is 4.57 Å². The van der Waals surface area contributed by atoms with Gasteiger partial charge >= 0.3 is 0 Å². The zero-order valence-corrected chi connectivity index (χ0v) is 29.5. The van der Waals surface area contributed by atoms with E-state index in [0.717, 1.165) is 31.1 Å². The van der Waals surface area contributed by atoms with Crippen LogP contribution in [0.15, 0.2) is 48.5 Å². The summed E-state index contributed by atoms with van der Waals surface area (Å²) in [5.74, 6) is 3.57. The van der Waals surface area contributed by atoms with Crippen molar-refractivity contribution in [3.63, 3.8) is 0 Å². The summed E-state index contributed by atoms with van der Waals surface area (Å²) in [7, 11) is 0.